The van der Waals surface area contributed by atoms with Crippen molar-refractivity contribution in [1.29, 1.82) is 0 Å². The number of aliphatic hydroxyl groups is 1. The normalized spacial score (nSPS) is 37.0. The highest BCUT2D eigenvalue weighted by Gasteiger charge is 2.52. The molecule has 0 aromatic rings. The molecular formula is C7H10O4. The van der Waals surface area contributed by atoms with Crippen LogP contribution in [0.2, 0.25) is 0 Å². The maximum atomic E-state index is 10.9. The third-order valence-corrected chi connectivity index (χ3v) is 2.03. The molecule has 1 N–H and O–H groups in total. The van der Waals surface area contributed by atoms with Crippen LogP contribution in [0.4, 0.5) is 0 Å². The number of esters is 1. The fraction of sp³-hybridized carbons (Fsp3) is 0.714. The predicted molar refractivity (Wildman–Crippen MR) is 35.8 cm³/mol. The molecule has 1 rings (SSSR count). The zero-order chi connectivity index (χ0) is 8.65. The van der Waals surface area contributed by atoms with Crippen molar-refractivity contribution in [3.05, 3.63) is 0 Å². The van der Waals surface area contributed by atoms with Gasteiger partial charge in [-0.1, -0.05) is 6.92 Å². The number of Topliss-reactive ketones (excluding diaryl/α,β-unsaturated/α-hetero) is 1. The molecule has 2 unspecified atom stereocenters. The molecule has 0 spiro atoms. The molecule has 0 radical (unpaired) electrons. The molecule has 0 amide bonds. The van der Waals surface area contributed by atoms with E-state index in [0.717, 1.165) is 0 Å². The van der Waals surface area contributed by atoms with Crippen molar-refractivity contribution in [3.63, 3.8) is 0 Å². The highest BCUT2D eigenvalue weighted by atomic mass is 16.6. The van der Waals surface area contributed by atoms with Gasteiger partial charge in [-0.3, -0.25) is 4.79 Å². The summed E-state index contributed by atoms with van der Waals surface area (Å²) in [6.07, 6.45) is 0. The van der Waals surface area contributed by atoms with Crippen LogP contribution in [-0.2, 0) is 14.3 Å². The van der Waals surface area contributed by atoms with Crippen molar-refractivity contribution < 1.29 is 19.4 Å². The minimum Gasteiger partial charge on any atom is -0.463 e. The van der Waals surface area contributed by atoms with Crippen molar-refractivity contribution in [2.24, 2.45) is 5.92 Å². The summed E-state index contributed by atoms with van der Waals surface area (Å²) >= 11 is 0. The minimum atomic E-state index is -1.89. The van der Waals surface area contributed by atoms with Crippen LogP contribution in [0, 0.1) is 5.92 Å². The maximum absolute atomic E-state index is 10.9. The molecule has 0 aliphatic carbocycles. The maximum Gasteiger partial charge on any atom is 0.346 e. The first kappa shape index (κ1) is 8.20. The lowest BCUT2D eigenvalue weighted by atomic mass is 9.88. The smallest absolute Gasteiger partial charge is 0.346 e. The van der Waals surface area contributed by atoms with Crippen LogP contribution in [0.3, 0.4) is 0 Å². The summed E-state index contributed by atoms with van der Waals surface area (Å²) in [6, 6.07) is 0. The SMILES string of the molecule is CC(=O)C1(O)C(=O)OCC1C. The van der Waals surface area contributed by atoms with E-state index in [1.807, 2.05) is 0 Å². The van der Waals surface area contributed by atoms with Gasteiger partial charge in [0.15, 0.2) is 5.78 Å². The van der Waals surface area contributed by atoms with E-state index >= 15 is 0 Å². The van der Waals surface area contributed by atoms with Gasteiger partial charge in [-0.05, 0) is 6.92 Å². The fourth-order valence-corrected chi connectivity index (χ4v) is 1.12. The van der Waals surface area contributed by atoms with E-state index in [0.29, 0.717) is 0 Å². The molecule has 0 bridgehead atoms. The summed E-state index contributed by atoms with van der Waals surface area (Å²) in [7, 11) is 0. The van der Waals surface area contributed by atoms with E-state index in [-0.39, 0.29) is 6.61 Å². The first-order chi connectivity index (χ1) is 4.99. The highest BCUT2D eigenvalue weighted by Crippen LogP contribution is 2.26. The van der Waals surface area contributed by atoms with Crippen molar-refractivity contribution >= 4 is 11.8 Å². The van der Waals surface area contributed by atoms with Gasteiger partial charge in [-0.2, -0.15) is 0 Å². The first-order valence-electron chi connectivity index (χ1n) is 3.40. The third kappa shape index (κ3) is 0.939. The van der Waals surface area contributed by atoms with Gasteiger partial charge in [-0.25, -0.2) is 4.79 Å². The minimum absolute atomic E-state index is 0.120. The van der Waals surface area contributed by atoms with Crippen molar-refractivity contribution in [2.45, 2.75) is 19.4 Å². The van der Waals surface area contributed by atoms with Gasteiger partial charge in [0, 0.05) is 5.92 Å². The van der Waals surface area contributed by atoms with Crippen molar-refractivity contribution in [1.82, 2.24) is 0 Å². The topological polar surface area (TPSA) is 63.6 Å². The Kier molecular flexibility index (Phi) is 1.72. The molecule has 1 heterocycles. The molecular weight excluding hydrogens is 148 g/mol. The van der Waals surface area contributed by atoms with Crippen LogP contribution >= 0.6 is 0 Å². The zero-order valence-corrected chi connectivity index (χ0v) is 6.46. The van der Waals surface area contributed by atoms with Crippen LogP contribution < -0.4 is 0 Å². The number of rotatable bonds is 1. The van der Waals surface area contributed by atoms with Gasteiger partial charge in [0.2, 0.25) is 5.60 Å². The van der Waals surface area contributed by atoms with E-state index in [4.69, 9.17) is 0 Å². The molecule has 1 aliphatic rings. The summed E-state index contributed by atoms with van der Waals surface area (Å²) < 4.78 is 4.53. The third-order valence-electron chi connectivity index (χ3n) is 2.03. The van der Waals surface area contributed by atoms with Crippen molar-refractivity contribution in [2.75, 3.05) is 6.61 Å². The quantitative estimate of drug-likeness (QED) is 0.412. The second kappa shape index (κ2) is 2.30. The summed E-state index contributed by atoms with van der Waals surface area (Å²) in [5.41, 5.74) is -1.89. The monoisotopic (exact) mass is 158 g/mol. The number of hydrogen-bond donors (Lipinski definition) is 1. The Labute approximate surface area is 64.2 Å². The molecule has 2 atom stereocenters. The van der Waals surface area contributed by atoms with Crippen LogP contribution in [-0.4, -0.2) is 29.1 Å². The van der Waals surface area contributed by atoms with E-state index in [2.05, 4.69) is 4.74 Å². The van der Waals surface area contributed by atoms with Crippen molar-refractivity contribution in [3.8, 4) is 0 Å². The molecule has 1 aliphatic heterocycles. The predicted octanol–water partition coefficient (Wildman–Crippen LogP) is -0.501. The summed E-state index contributed by atoms with van der Waals surface area (Å²) in [5, 5.41) is 9.48. The lowest BCUT2D eigenvalue weighted by molar-refractivity contribution is -0.160. The van der Waals surface area contributed by atoms with Gasteiger partial charge >= 0.3 is 5.97 Å². The van der Waals surface area contributed by atoms with Crippen LogP contribution in [0.1, 0.15) is 13.8 Å². The average Bonchev–Trinajstić information content (AvgIpc) is 2.18. The summed E-state index contributed by atoms with van der Waals surface area (Å²) in [5.74, 6) is -1.81. The number of carbonyl (C=O) groups is 2. The molecule has 62 valence electrons. The number of hydrogen-bond acceptors (Lipinski definition) is 4. The standard InChI is InChI=1S/C7H10O4/c1-4-3-11-6(9)7(4,10)5(2)8/h4,10H,3H2,1-2H3. The molecule has 0 aromatic heterocycles. The van der Waals surface area contributed by atoms with E-state index in [9.17, 15) is 14.7 Å². The average molecular weight is 158 g/mol. The van der Waals surface area contributed by atoms with Gasteiger partial charge in [0.25, 0.3) is 0 Å². The fourth-order valence-electron chi connectivity index (χ4n) is 1.12. The number of cyclic esters (lactones) is 1. The summed E-state index contributed by atoms with van der Waals surface area (Å²) in [6.45, 7) is 2.91. The lowest BCUT2D eigenvalue weighted by Crippen LogP contribution is -2.46. The van der Waals surface area contributed by atoms with E-state index in [1.165, 1.54) is 6.92 Å². The van der Waals surface area contributed by atoms with Gasteiger partial charge in [-0.15, -0.1) is 0 Å². The Hall–Kier alpha value is -0.900. The number of ketones is 1. The molecule has 4 nitrogen and oxygen atoms in total. The molecule has 1 saturated heterocycles. The Morgan fingerprint density at radius 2 is 2.36 bits per heavy atom. The van der Waals surface area contributed by atoms with Crippen LogP contribution in [0.25, 0.3) is 0 Å². The summed E-state index contributed by atoms with van der Waals surface area (Å²) in [4.78, 5) is 21.7. The largest absolute Gasteiger partial charge is 0.463 e. The second-order valence-electron chi connectivity index (χ2n) is 2.82. The van der Waals surface area contributed by atoms with Crippen LogP contribution in [0.5, 0.6) is 0 Å². The molecule has 4 heteroatoms. The van der Waals surface area contributed by atoms with E-state index < -0.39 is 23.3 Å². The number of carbonyl (C=O) groups excluding carboxylic acids is 2. The number of ether oxygens (including phenoxy) is 1. The highest BCUT2D eigenvalue weighted by molar-refractivity contribution is 6.07. The molecule has 0 saturated carbocycles. The molecule has 1 fully saturated rings. The Bertz CT molecular complexity index is 210. The second-order valence-corrected chi connectivity index (χ2v) is 2.82. The van der Waals surface area contributed by atoms with Gasteiger partial charge in [0.05, 0.1) is 6.61 Å². The Morgan fingerprint density at radius 1 is 1.82 bits per heavy atom. The first-order valence-corrected chi connectivity index (χ1v) is 3.40. The van der Waals surface area contributed by atoms with Gasteiger partial charge in [0.1, 0.15) is 0 Å². The van der Waals surface area contributed by atoms with E-state index in [1.54, 1.807) is 6.92 Å². The molecule has 0 aromatic carbocycles. The zero-order valence-electron chi connectivity index (χ0n) is 6.46. The lowest BCUT2D eigenvalue weighted by Gasteiger charge is -2.17. The Morgan fingerprint density at radius 3 is 2.55 bits per heavy atom. The Balaban J connectivity index is 2.98. The molecule has 11 heavy (non-hydrogen) atoms. The van der Waals surface area contributed by atoms with Crippen LogP contribution in [0.15, 0.2) is 0 Å². The van der Waals surface area contributed by atoms with Gasteiger partial charge < -0.3 is 9.84 Å².